The quantitative estimate of drug-likeness (QED) is 0.810. The molecule has 0 aliphatic carbocycles. The average Bonchev–Trinajstić information content (AvgIpc) is 2.79. The van der Waals surface area contributed by atoms with Gasteiger partial charge in [-0.3, -0.25) is 4.79 Å². The number of sulfonamides is 1. The average molecular weight is 374 g/mol. The van der Waals surface area contributed by atoms with Crippen LogP contribution in [0.5, 0.6) is 0 Å². The lowest BCUT2D eigenvalue weighted by molar-refractivity contribution is -0.119. The Morgan fingerprint density at radius 2 is 1.88 bits per heavy atom. The molecule has 0 bridgehead atoms. The van der Waals surface area contributed by atoms with E-state index >= 15 is 0 Å². The summed E-state index contributed by atoms with van der Waals surface area (Å²) in [6.07, 6.45) is 0.283. The first-order valence-electron chi connectivity index (χ1n) is 7.49. The molecule has 24 heavy (non-hydrogen) atoms. The van der Waals surface area contributed by atoms with Crippen molar-refractivity contribution < 1.29 is 21.6 Å². The summed E-state index contributed by atoms with van der Waals surface area (Å²) < 4.78 is 50.2. The summed E-state index contributed by atoms with van der Waals surface area (Å²) in [5, 5.41) is 2.64. The van der Waals surface area contributed by atoms with Gasteiger partial charge in [0, 0.05) is 26.1 Å². The van der Waals surface area contributed by atoms with Gasteiger partial charge in [0.1, 0.15) is 0 Å². The van der Waals surface area contributed by atoms with E-state index in [1.165, 1.54) is 26.1 Å². The number of hydrogen-bond acceptors (Lipinski definition) is 5. The SMILES string of the molecule is CC(=O)NCc1ccc(S(=O)(=O)N(C)[C@@]2(C)CCS(=O)(=O)C2)cc1. The van der Waals surface area contributed by atoms with E-state index in [0.717, 1.165) is 9.87 Å². The molecule has 7 nitrogen and oxygen atoms in total. The van der Waals surface area contributed by atoms with Crippen molar-refractivity contribution in [2.24, 2.45) is 0 Å². The molecule has 0 saturated carbocycles. The first-order chi connectivity index (χ1) is 11.0. The summed E-state index contributed by atoms with van der Waals surface area (Å²) in [7, 11) is -5.59. The molecule has 1 heterocycles. The molecule has 9 heteroatoms. The first-order valence-corrected chi connectivity index (χ1v) is 10.8. The van der Waals surface area contributed by atoms with Crippen molar-refractivity contribution in [3.05, 3.63) is 29.8 Å². The Balaban J connectivity index is 2.22. The number of amides is 1. The van der Waals surface area contributed by atoms with Crippen molar-refractivity contribution in [1.82, 2.24) is 9.62 Å². The van der Waals surface area contributed by atoms with E-state index in [1.807, 2.05) is 0 Å². The Kier molecular flexibility index (Phi) is 5.08. The van der Waals surface area contributed by atoms with Crippen LogP contribution in [0.3, 0.4) is 0 Å². The topological polar surface area (TPSA) is 101 Å². The highest BCUT2D eigenvalue weighted by Crippen LogP contribution is 2.32. The van der Waals surface area contributed by atoms with Gasteiger partial charge in [-0.15, -0.1) is 0 Å². The van der Waals surface area contributed by atoms with Gasteiger partial charge in [0.05, 0.1) is 16.4 Å². The molecule has 134 valence electrons. The summed E-state index contributed by atoms with van der Waals surface area (Å²) in [6, 6.07) is 6.19. The maximum Gasteiger partial charge on any atom is 0.243 e. The van der Waals surface area contributed by atoms with E-state index in [-0.39, 0.29) is 28.7 Å². The Morgan fingerprint density at radius 3 is 2.33 bits per heavy atom. The maximum absolute atomic E-state index is 12.8. The predicted molar refractivity (Wildman–Crippen MR) is 90.6 cm³/mol. The molecule has 1 atom stereocenters. The van der Waals surface area contributed by atoms with Crippen molar-refractivity contribution in [2.45, 2.75) is 37.2 Å². The number of rotatable bonds is 5. The number of sulfone groups is 1. The van der Waals surface area contributed by atoms with Gasteiger partial charge in [-0.25, -0.2) is 16.8 Å². The molecular formula is C15H22N2O5S2. The molecule has 1 aliphatic heterocycles. The van der Waals surface area contributed by atoms with Crippen LogP contribution >= 0.6 is 0 Å². The van der Waals surface area contributed by atoms with E-state index < -0.39 is 25.4 Å². The van der Waals surface area contributed by atoms with Crippen LogP contribution in [0, 0.1) is 0 Å². The van der Waals surface area contributed by atoms with Gasteiger partial charge in [-0.2, -0.15) is 4.31 Å². The Labute approximate surface area is 143 Å². The fourth-order valence-corrected chi connectivity index (χ4v) is 6.49. The van der Waals surface area contributed by atoms with Crippen LogP contribution in [-0.2, 0) is 31.2 Å². The summed E-state index contributed by atoms with van der Waals surface area (Å²) in [5.41, 5.74) is -0.159. The van der Waals surface area contributed by atoms with Gasteiger partial charge in [0.15, 0.2) is 9.84 Å². The molecule has 0 spiro atoms. The van der Waals surface area contributed by atoms with Crippen molar-refractivity contribution >= 4 is 25.8 Å². The van der Waals surface area contributed by atoms with E-state index in [4.69, 9.17) is 0 Å². The lowest BCUT2D eigenvalue weighted by Gasteiger charge is -2.33. The van der Waals surface area contributed by atoms with Crippen molar-refractivity contribution in [3.63, 3.8) is 0 Å². The second-order valence-electron chi connectivity index (χ2n) is 6.37. The van der Waals surface area contributed by atoms with Gasteiger partial charge < -0.3 is 5.32 Å². The van der Waals surface area contributed by atoms with Crippen LogP contribution in [0.25, 0.3) is 0 Å². The second kappa shape index (κ2) is 6.45. The molecule has 1 amide bonds. The molecule has 1 saturated heterocycles. The highest BCUT2D eigenvalue weighted by atomic mass is 32.2. The fourth-order valence-electron chi connectivity index (χ4n) is 2.70. The number of hydrogen-bond donors (Lipinski definition) is 1. The van der Waals surface area contributed by atoms with E-state index in [9.17, 15) is 21.6 Å². The third kappa shape index (κ3) is 3.96. The lowest BCUT2D eigenvalue weighted by atomic mass is 10.0. The number of carbonyl (C=O) groups excluding carboxylic acids is 1. The Bertz CT molecular complexity index is 831. The predicted octanol–water partition coefficient (Wildman–Crippen LogP) is 0.520. The van der Waals surface area contributed by atoms with E-state index in [2.05, 4.69) is 5.32 Å². The summed E-state index contributed by atoms with van der Waals surface area (Å²) in [4.78, 5) is 11.0. The Morgan fingerprint density at radius 1 is 1.29 bits per heavy atom. The van der Waals surface area contributed by atoms with E-state index in [1.54, 1.807) is 19.1 Å². The van der Waals surface area contributed by atoms with Gasteiger partial charge in [-0.05, 0) is 31.0 Å². The molecule has 1 fully saturated rings. The monoisotopic (exact) mass is 374 g/mol. The summed E-state index contributed by atoms with van der Waals surface area (Å²) >= 11 is 0. The molecule has 0 aromatic heterocycles. The van der Waals surface area contributed by atoms with Gasteiger partial charge in [0.2, 0.25) is 15.9 Å². The molecule has 1 aromatic carbocycles. The molecule has 0 unspecified atom stereocenters. The van der Waals surface area contributed by atoms with Gasteiger partial charge in [-0.1, -0.05) is 12.1 Å². The van der Waals surface area contributed by atoms with Crippen molar-refractivity contribution in [1.29, 1.82) is 0 Å². The minimum Gasteiger partial charge on any atom is -0.352 e. The van der Waals surface area contributed by atoms with Crippen LogP contribution in [0.4, 0.5) is 0 Å². The maximum atomic E-state index is 12.8. The smallest absolute Gasteiger partial charge is 0.243 e. The van der Waals surface area contributed by atoms with Crippen molar-refractivity contribution in [2.75, 3.05) is 18.6 Å². The van der Waals surface area contributed by atoms with Crippen LogP contribution < -0.4 is 5.32 Å². The third-order valence-corrected chi connectivity index (χ3v) is 8.28. The highest BCUT2D eigenvalue weighted by molar-refractivity contribution is 7.92. The van der Waals surface area contributed by atoms with E-state index in [0.29, 0.717) is 6.54 Å². The van der Waals surface area contributed by atoms with Crippen LogP contribution in [0.1, 0.15) is 25.8 Å². The molecule has 1 aromatic rings. The summed E-state index contributed by atoms with van der Waals surface area (Å²) in [6.45, 7) is 3.38. The van der Waals surface area contributed by atoms with Crippen LogP contribution in [0.2, 0.25) is 0 Å². The minimum atomic E-state index is -3.80. The van der Waals surface area contributed by atoms with Gasteiger partial charge >= 0.3 is 0 Å². The Hall–Kier alpha value is -1.45. The second-order valence-corrected chi connectivity index (χ2v) is 10.5. The fraction of sp³-hybridized carbons (Fsp3) is 0.533. The van der Waals surface area contributed by atoms with Gasteiger partial charge in [0.25, 0.3) is 0 Å². The largest absolute Gasteiger partial charge is 0.352 e. The van der Waals surface area contributed by atoms with Crippen LogP contribution in [0.15, 0.2) is 29.2 Å². The van der Waals surface area contributed by atoms with Crippen molar-refractivity contribution in [3.8, 4) is 0 Å². The highest BCUT2D eigenvalue weighted by Gasteiger charge is 2.46. The van der Waals surface area contributed by atoms with Crippen LogP contribution in [-0.4, -0.2) is 51.1 Å². The zero-order valence-electron chi connectivity index (χ0n) is 13.9. The standard InChI is InChI=1S/C15H22N2O5S2/c1-12(18)16-10-13-4-6-14(7-5-13)24(21,22)17(3)15(2)8-9-23(19,20)11-15/h4-7H,8-11H2,1-3H3,(H,16,18)/t15-/m0/s1. The zero-order valence-corrected chi connectivity index (χ0v) is 15.6. The summed E-state index contributed by atoms with van der Waals surface area (Å²) in [5.74, 6) is -0.336. The molecule has 1 N–H and O–H groups in total. The minimum absolute atomic E-state index is 0.000979. The molecular weight excluding hydrogens is 352 g/mol. The molecule has 2 rings (SSSR count). The normalized spacial score (nSPS) is 23.3. The number of carbonyl (C=O) groups is 1. The molecule has 1 aliphatic rings. The number of nitrogens with zero attached hydrogens (tertiary/aromatic N) is 1. The lowest BCUT2D eigenvalue weighted by Crippen LogP contribution is -2.48. The zero-order chi connectivity index (χ0) is 18.2. The number of benzene rings is 1. The number of nitrogens with one attached hydrogen (secondary N) is 1. The first kappa shape index (κ1) is 18.9. The molecule has 0 radical (unpaired) electrons. The third-order valence-electron chi connectivity index (χ3n) is 4.37.